The molecule has 1 N–H and O–H groups in total. The zero-order valence-electron chi connectivity index (χ0n) is 19.8. The van der Waals surface area contributed by atoms with Crippen molar-refractivity contribution < 1.29 is 19.1 Å². The standard InChI is InChI=1S/C27H33FN2O3/c1-5-29(6-2)16-7-17-30-24(20-10-8-19(9-11-20)18(3)4)23(26(32)27(30)33)25(31)21-12-14-22(28)15-13-21/h8-15,18,24,31H,5-7,16-17H2,1-4H3/b25-23+. The lowest BCUT2D eigenvalue weighted by atomic mass is 9.93. The Balaban J connectivity index is 2.03. The Kier molecular flexibility index (Phi) is 8.03. The molecule has 1 unspecified atom stereocenters. The van der Waals surface area contributed by atoms with Crippen LogP contribution in [0.15, 0.2) is 54.1 Å². The fraction of sp³-hybridized carbons (Fsp3) is 0.407. The Morgan fingerprint density at radius 1 is 1.03 bits per heavy atom. The molecule has 176 valence electrons. The van der Waals surface area contributed by atoms with Crippen LogP contribution in [0.2, 0.25) is 0 Å². The van der Waals surface area contributed by atoms with Crippen molar-refractivity contribution in [3.8, 4) is 0 Å². The largest absolute Gasteiger partial charge is 0.507 e. The highest BCUT2D eigenvalue weighted by Gasteiger charge is 2.45. The van der Waals surface area contributed by atoms with Crippen molar-refractivity contribution >= 4 is 17.4 Å². The number of hydrogen-bond donors (Lipinski definition) is 1. The van der Waals surface area contributed by atoms with Gasteiger partial charge in [-0.05, 0) is 67.4 Å². The number of benzene rings is 2. The van der Waals surface area contributed by atoms with E-state index in [-0.39, 0.29) is 11.3 Å². The molecule has 1 aliphatic heterocycles. The fourth-order valence-corrected chi connectivity index (χ4v) is 4.29. The number of rotatable bonds is 9. The summed E-state index contributed by atoms with van der Waals surface area (Å²) in [5, 5.41) is 11.0. The van der Waals surface area contributed by atoms with Gasteiger partial charge >= 0.3 is 0 Å². The maximum atomic E-state index is 13.4. The molecule has 3 rings (SSSR count). The van der Waals surface area contributed by atoms with E-state index < -0.39 is 23.5 Å². The smallest absolute Gasteiger partial charge is 0.295 e. The molecular weight excluding hydrogens is 419 g/mol. The van der Waals surface area contributed by atoms with Crippen molar-refractivity contribution in [3.05, 3.63) is 76.6 Å². The first-order valence-corrected chi connectivity index (χ1v) is 11.6. The van der Waals surface area contributed by atoms with Crippen LogP contribution in [-0.4, -0.2) is 52.8 Å². The van der Waals surface area contributed by atoms with Crippen molar-refractivity contribution in [1.82, 2.24) is 9.80 Å². The number of halogens is 1. The van der Waals surface area contributed by atoms with Crippen LogP contribution in [-0.2, 0) is 9.59 Å². The zero-order chi connectivity index (χ0) is 24.1. The average Bonchev–Trinajstić information content (AvgIpc) is 3.07. The van der Waals surface area contributed by atoms with E-state index in [1.165, 1.54) is 24.3 Å². The van der Waals surface area contributed by atoms with Gasteiger partial charge in [-0.15, -0.1) is 0 Å². The quantitative estimate of drug-likeness (QED) is 0.327. The second-order valence-electron chi connectivity index (χ2n) is 8.70. The molecular formula is C27H33FN2O3. The lowest BCUT2D eigenvalue weighted by molar-refractivity contribution is -0.140. The number of Topliss-reactive ketones (excluding diaryl/α,β-unsaturated/α-hetero) is 1. The summed E-state index contributed by atoms with van der Waals surface area (Å²) < 4.78 is 13.4. The Labute approximate surface area is 195 Å². The van der Waals surface area contributed by atoms with E-state index in [2.05, 4.69) is 32.6 Å². The summed E-state index contributed by atoms with van der Waals surface area (Å²) in [4.78, 5) is 29.9. The number of nitrogens with zero attached hydrogens (tertiary/aromatic N) is 2. The van der Waals surface area contributed by atoms with Gasteiger partial charge in [0.25, 0.3) is 11.7 Å². The molecule has 0 bridgehead atoms. The third-order valence-electron chi connectivity index (χ3n) is 6.34. The molecule has 0 aromatic heterocycles. The minimum atomic E-state index is -0.711. The van der Waals surface area contributed by atoms with Crippen LogP contribution < -0.4 is 0 Å². The van der Waals surface area contributed by atoms with Gasteiger partial charge in [0, 0.05) is 12.1 Å². The average molecular weight is 453 g/mol. The molecule has 1 aliphatic rings. The summed E-state index contributed by atoms with van der Waals surface area (Å²) in [6.07, 6.45) is 0.714. The van der Waals surface area contributed by atoms with Crippen LogP contribution in [0.3, 0.4) is 0 Å². The number of likely N-dealkylation sites (tertiary alicyclic amines) is 1. The number of amides is 1. The summed E-state index contributed by atoms with van der Waals surface area (Å²) in [6.45, 7) is 11.4. The molecule has 1 amide bonds. The van der Waals surface area contributed by atoms with Crippen LogP contribution >= 0.6 is 0 Å². The number of carbonyl (C=O) groups excluding carboxylic acids is 2. The van der Waals surface area contributed by atoms with Crippen LogP contribution in [0.25, 0.3) is 5.76 Å². The van der Waals surface area contributed by atoms with Gasteiger partial charge in [-0.1, -0.05) is 52.0 Å². The molecule has 33 heavy (non-hydrogen) atoms. The van der Waals surface area contributed by atoms with Gasteiger partial charge in [0.05, 0.1) is 11.6 Å². The zero-order valence-corrected chi connectivity index (χ0v) is 19.8. The molecule has 2 aromatic rings. The Morgan fingerprint density at radius 2 is 1.64 bits per heavy atom. The van der Waals surface area contributed by atoms with Gasteiger partial charge in [-0.25, -0.2) is 4.39 Å². The summed E-state index contributed by atoms with van der Waals surface area (Å²) >= 11 is 0. The molecule has 0 spiro atoms. The predicted molar refractivity (Wildman–Crippen MR) is 128 cm³/mol. The van der Waals surface area contributed by atoms with E-state index in [4.69, 9.17) is 0 Å². The van der Waals surface area contributed by atoms with Gasteiger partial charge < -0.3 is 14.9 Å². The number of aliphatic hydroxyl groups is 1. The van der Waals surface area contributed by atoms with E-state index in [0.717, 1.165) is 30.8 Å². The highest BCUT2D eigenvalue weighted by atomic mass is 19.1. The van der Waals surface area contributed by atoms with Gasteiger partial charge in [-0.2, -0.15) is 0 Å². The Bertz CT molecular complexity index is 1010. The van der Waals surface area contributed by atoms with Crippen LogP contribution in [0, 0.1) is 5.82 Å². The van der Waals surface area contributed by atoms with Gasteiger partial charge in [-0.3, -0.25) is 9.59 Å². The summed E-state index contributed by atoms with van der Waals surface area (Å²) in [5.74, 6) is -1.70. The highest BCUT2D eigenvalue weighted by molar-refractivity contribution is 6.46. The van der Waals surface area contributed by atoms with Crippen molar-refractivity contribution in [2.24, 2.45) is 0 Å². The SMILES string of the molecule is CCN(CC)CCCN1C(=O)C(=O)/C(=C(/O)c2ccc(F)cc2)C1c1ccc(C(C)C)cc1. The number of carbonyl (C=O) groups is 2. The van der Waals surface area contributed by atoms with Gasteiger partial charge in [0.2, 0.25) is 0 Å². The van der Waals surface area contributed by atoms with E-state index in [0.29, 0.717) is 24.4 Å². The number of hydrogen-bond acceptors (Lipinski definition) is 4. The Hall–Kier alpha value is -2.99. The topological polar surface area (TPSA) is 60.9 Å². The van der Waals surface area contributed by atoms with E-state index >= 15 is 0 Å². The molecule has 1 atom stereocenters. The maximum absolute atomic E-state index is 13.4. The van der Waals surface area contributed by atoms with Gasteiger partial charge in [0.1, 0.15) is 11.6 Å². The molecule has 6 heteroatoms. The minimum Gasteiger partial charge on any atom is -0.507 e. The molecule has 2 aromatic carbocycles. The van der Waals surface area contributed by atoms with Crippen molar-refractivity contribution in [2.45, 2.75) is 46.1 Å². The second-order valence-corrected chi connectivity index (χ2v) is 8.70. The molecule has 0 radical (unpaired) electrons. The number of ketones is 1. The van der Waals surface area contributed by atoms with E-state index in [1.807, 2.05) is 24.3 Å². The molecule has 0 aliphatic carbocycles. The van der Waals surface area contributed by atoms with Crippen molar-refractivity contribution in [3.63, 3.8) is 0 Å². The van der Waals surface area contributed by atoms with Gasteiger partial charge in [0.15, 0.2) is 0 Å². The van der Waals surface area contributed by atoms with E-state index in [1.54, 1.807) is 4.90 Å². The lowest BCUT2D eigenvalue weighted by Crippen LogP contribution is -2.33. The van der Waals surface area contributed by atoms with Crippen molar-refractivity contribution in [1.29, 1.82) is 0 Å². The van der Waals surface area contributed by atoms with Crippen LogP contribution in [0.5, 0.6) is 0 Å². The lowest BCUT2D eigenvalue weighted by Gasteiger charge is -2.27. The molecule has 1 heterocycles. The summed E-state index contributed by atoms with van der Waals surface area (Å²) in [7, 11) is 0. The number of aliphatic hydroxyl groups excluding tert-OH is 1. The fourth-order valence-electron chi connectivity index (χ4n) is 4.29. The second kappa shape index (κ2) is 10.8. The molecule has 5 nitrogen and oxygen atoms in total. The Morgan fingerprint density at radius 3 is 2.18 bits per heavy atom. The van der Waals surface area contributed by atoms with Crippen LogP contribution in [0.1, 0.15) is 62.8 Å². The van der Waals surface area contributed by atoms with Crippen LogP contribution in [0.4, 0.5) is 4.39 Å². The third kappa shape index (κ3) is 5.33. The first-order valence-electron chi connectivity index (χ1n) is 11.6. The molecule has 0 saturated carbocycles. The van der Waals surface area contributed by atoms with E-state index in [9.17, 15) is 19.1 Å². The first kappa shape index (κ1) is 24.6. The molecule has 1 fully saturated rings. The summed E-state index contributed by atoms with van der Waals surface area (Å²) in [5.41, 5.74) is 2.27. The highest BCUT2D eigenvalue weighted by Crippen LogP contribution is 2.39. The van der Waals surface area contributed by atoms with Crippen molar-refractivity contribution in [2.75, 3.05) is 26.2 Å². The predicted octanol–water partition coefficient (Wildman–Crippen LogP) is 5.10. The first-order chi connectivity index (χ1) is 15.8. The monoisotopic (exact) mass is 452 g/mol. The minimum absolute atomic E-state index is 0.0479. The molecule has 1 saturated heterocycles. The third-order valence-corrected chi connectivity index (χ3v) is 6.34. The normalized spacial score (nSPS) is 18.0. The maximum Gasteiger partial charge on any atom is 0.295 e. The summed E-state index contributed by atoms with van der Waals surface area (Å²) in [6, 6.07) is 12.4.